The molecule has 4 heteroatoms. The van der Waals surface area contributed by atoms with Crippen molar-refractivity contribution >= 4 is 17.0 Å². The Morgan fingerprint density at radius 2 is 2.00 bits per heavy atom. The number of benzene rings is 1. The van der Waals surface area contributed by atoms with Crippen molar-refractivity contribution in [2.24, 2.45) is 0 Å². The van der Waals surface area contributed by atoms with E-state index in [0.29, 0.717) is 6.61 Å². The van der Waals surface area contributed by atoms with E-state index in [1.165, 1.54) is 0 Å². The molecule has 0 aliphatic rings. The summed E-state index contributed by atoms with van der Waals surface area (Å²) < 4.78 is 7.42. The Labute approximate surface area is 126 Å². The Kier molecular flexibility index (Phi) is 5.37. The van der Waals surface area contributed by atoms with Crippen molar-refractivity contribution in [1.82, 2.24) is 9.55 Å². The Hall–Kier alpha value is -1.84. The predicted molar refractivity (Wildman–Crippen MR) is 84.3 cm³/mol. The van der Waals surface area contributed by atoms with Gasteiger partial charge in [0, 0.05) is 6.54 Å². The van der Waals surface area contributed by atoms with E-state index in [1.807, 2.05) is 25.1 Å². The third-order valence-corrected chi connectivity index (χ3v) is 3.59. The van der Waals surface area contributed by atoms with Gasteiger partial charge in [0.2, 0.25) is 0 Å². The van der Waals surface area contributed by atoms with Crippen molar-refractivity contribution in [3.8, 4) is 0 Å². The second kappa shape index (κ2) is 7.25. The molecule has 0 saturated carbocycles. The summed E-state index contributed by atoms with van der Waals surface area (Å²) in [5.41, 5.74) is 2.05. The molecule has 1 aromatic heterocycles. The number of carbonyl (C=O) groups excluding carboxylic acids is 1. The van der Waals surface area contributed by atoms with Gasteiger partial charge in [-0.3, -0.25) is 4.79 Å². The zero-order valence-corrected chi connectivity index (χ0v) is 13.1. The molecule has 0 aliphatic carbocycles. The summed E-state index contributed by atoms with van der Waals surface area (Å²) in [5.74, 6) is 0.416. The third-order valence-electron chi connectivity index (χ3n) is 3.59. The van der Waals surface area contributed by atoms with Crippen LogP contribution in [0.2, 0.25) is 0 Å². The highest BCUT2D eigenvalue weighted by Crippen LogP contribution is 2.27. The molecule has 2 aromatic rings. The normalized spacial score (nSPS) is 12.5. The van der Waals surface area contributed by atoms with E-state index < -0.39 is 0 Å². The van der Waals surface area contributed by atoms with Crippen molar-refractivity contribution in [1.29, 1.82) is 0 Å². The molecule has 21 heavy (non-hydrogen) atoms. The fourth-order valence-corrected chi connectivity index (χ4v) is 2.70. The van der Waals surface area contributed by atoms with Crippen molar-refractivity contribution in [3.63, 3.8) is 0 Å². The minimum atomic E-state index is -0.270. The molecule has 0 aliphatic heterocycles. The van der Waals surface area contributed by atoms with Crippen LogP contribution in [-0.2, 0) is 16.1 Å². The molecular weight excluding hydrogens is 264 g/mol. The van der Waals surface area contributed by atoms with Gasteiger partial charge < -0.3 is 9.30 Å². The number of rotatable bonds is 7. The van der Waals surface area contributed by atoms with Gasteiger partial charge in [0.25, 0.3) is 0 Å². The second-order valence-electron chi connectivity index (χ2n) is 5.20. The van der Waals surface area contributed by atoms with Gasteiger partial charge in [0.05, 0.1) is 17.6 Å². The molecule has 0 N–H and O–H groups in total. The molecule has 0 spiro atoms. The second-order valence-corrected chi connectivity index (χ2v) is 5.20. The number of carbonyl (C=O) groups is 1. The molecule has 0 fully saturated rings. The highest BCUT2D eigenvalue weighted by molar-refractivity contribution is 5.81. The highest BCUT2D eigenvalue weighted by Gasteiger charge is 2.27. The van der Waals surface area contributed by atoms with Crippen LogP contribution in [0.4, 0.5) is 0 Å². The molecule has 1 heterocycles. The maximum absolute atomic E-state index is 12.3. The Balaban J connectivity index is 2.50. The molecule has 114 valence electrons. The topological polar surface area (TPSA) is 44.1 Å². The molecule has 2 rings (SSSR count). The lowest BCUT2D eigenvalue weighted by Gasteiger charge is -2.16. The summed E-state index contributed by atoms with van der Waals surface area (Å²) in [7, 11) is 0. The lowest BCUT2D eigenvalue weighted by atomic mass is 10.0. The molecule has 0 bridgehead atoms. The van der Waals surface area contributed by atoms with E-state index in [4.69, 9.17) is 9.72 Å². The first-order valence-electron chi connectivity index (χ1n) is 7.84. The van der Waals surface area contributed by atoms with Crippen LogP contribution in [0.3, 0.4) is 0 Å². The molecule has 0 saturated heterocycles. The summed E-state index contributed by atoms with van der Waals surface area (Å²) in [6, 6.07) is 8.06. The maximum atomic E-state index is 12.3. The number of aromatic nitrogens is 2. The van der Waals surface area contributed by atoms with Crippen LogP contribution in [0.25, 0.3) is 11.0 Å². The van der Waals surface area contributed by atoms with Gasteiger partial charge in [0.1, 0.15) is 11.7 Å². The Bertz CT molecular complexity index is 604. The van der Waals surface area contributed by atoms with Crippen molar-refractivity contribution in [2.45, 2.75) is 52.5 Å². The molecule has 1 unspecified atom stereocenters. The zero-order valence-electron chi connectivity index (χ0n) is 13.1. The largest absolute Gasteiger partial charge is 0.465 e. The summed E-state index contributed by atoms with van der Waals surface area (Å²) in [6.07, 6.45) is 2.71. The van der Waals surface area contributed by atoms with Gasteiger partial charge in [-0.05, 0) is 31.9 Å². The van der Waals surface area contributed by atoms with Gasteiger partial charge in [-0.25, -0.2) is 4.98 Å². The fraction of sp³-hybridized carbons (Fsp3) is 0.529. The zero-order chi connectivity index (χ0) is 15.2. The molecular formula is C17H24N2O2. The van der Waals surface area contributed by atoms with Crippen molar-refractivity contribution in [2.75, 3.05) is 6.61 Å². The molecule has 1 atom stereocenters. The number of fused-ring (bicyclic) bond motifs is 1. The number of esters is 1. The number of hydrogen-bond acceptors (Lipinski definition) is 3. The first-order valence-corrected chi connectivity index (χ1v) is 7.84. The first kappa shape index (κ1) is 15.5. The molecule has 4 nitrogen and oxygen atoms in total. The van der Waals surface area contributed by atoms with Crippen molar-refractivity contribution < 1.29 is 9.53 Å². The Morgan fingerprint density at radius 3 is 2.67 bits per heavy atom. The quantitative estimate of drug-likeness (QED) is 0.726. The van der Waals surface area contributed by atoms with E-state index in [0.717, 1.165) is 42.7 Å². The van der Waals surface area contributed by atoms with E-state index in [2.05, 4.69) is 24.5 Å². The number of ether oxygens (including phenoxy) is 1. The number of hydrogen-bond donors (Lipinski definition) is 0. The minimum absolute atomic E-state index is 0.160. The first-order chi connectivity index (χ1) is 10.2. The SMILES string of the molecule is CCCC(C(=O)OCC)c1nc2ccccc2n1CCC. The summed E-state index contributed by atoms with van der Waals surface area (Å²) in [5, 5.41) is 0. The van der Waals surface area contributed by atoms with Gasteiger partial charge >= 0.3 is 5.97 Å². The summed E-state index contributed by atoms with van der Waals surface area (Å²) >= 11 is 0. The predicted octanol–water partition coefficient (Wildman–Crippen LogP) is 3.89. The highest BCUT2D eigenvalue weighted by atomic mass is 16.5. The van der Waals surface area contributed by atoms with Gasteiger partial charge in [-0.2, -0.15) is 0 Å². The van der Waals surface area contributed by atoms with Crippen LogP contribution in [0.5, 0.6) is 0 Å². The van der Waals surface area contributed by atoms with E-state index in [9.17, 15) is 4.79 Å². The standard InChI is InChI=1S/C17H24N2O2/c1-4-9-13(17(20)21-6-3)16-18-14-10-7-8-11-15(14)19(16)12-5-2/h7-8,10-11,13H,4-6,9,12H2,1-3H3. The van der Waals surface area contributed by atoms with E-state index in [-0.39, 0.29) is 11.9 Å². The average Bonchev–Trinajstić information content (AvgIpc) is 2.84. The smallest absolute Gasteiger partial charge is 0.316 e. The monoisotopic (exact) mass is 288 g/mol. The molecule has 1 aromatic carbocycles. The van der Waals surface area contributed by atoms with Gasteiger partial charge in [-0.1, -0.05) is 32.4 Å². The number of imidazole rings is 1. The summed E-state index contributed by atoms with van der Waals surface area (Å²) in [4.78, 5) is 17.0. The Morgan fingerprint density at radius 1 is 1.24 bits per heavy atom. The lowest BCUT2D eigenvalue weighted by Crippen LogP contribution is -2.20. The van der Waals surface area contributed by atoms with Crippen LogP contribution < -0.4 is 0 Å². The average molecular weight is 288 g/mol. The number of nitrogens with zero attached hydrogens (tertiary/aromatic N) is 2. The third kappa shape index (κ3) is 3.26. The lowest BCUT2D eigenvalue weighted by molar-refractivity contribution is -0.145. The van der Waals surface area contributed by atoms with Crippen LogP contribution in [0.15, 0.2) is 24.3 Å². The van der Waals surface area contributed by atoms with Crippen LogP contribution in [0, 0.1) is 0 Å². The molecule has 0 amide bonds. The van der Waals surface area contributed by atoms with E-state index >= 15 is 0 Å². The number of para-hydroxylation sites is 2. The minimum Gasteiger partial charge on any atom is -0.465 e. The van der Waals surface area contributed by atoms with Gasteiger partial charge in [-0.15, -0.1) is 0 Å². The maximum Gasteiger partial charge on any atom is 0.316 e. The van der Waals surface area contributed by atoms with Gasteiger partial charge in [0.15, 0.2) is 0 Å². The summed E-state index contributed by atoms with van der Waals surface area (Å²) in [6.45, 7) is 7.34. The van der Waals surface area contributed by atoms with Crippen LogP contribution in [-0.4, -0.2) is 22.1 Å². The fourth-order valence-electron chi connectivity index (χ4n) is 2.70. The van der Waals surface area contributed by atoms with Crippen LogP contribution in [0.1, 0.15) is 51.8 Å². The van der Waals surface area contributed by atoms with E-state index in [1.54, 1.807) is 0 Å². The molecule has 0 radical (unpaired) electrons. The number of aryl methyl sites for hydroxylation is 1. The van der Waals surface area contributed by atoms with Crippen LogP contribution >= 0.6 is 0 Å². The van der Waals surface area contributed by atoms with Crippen molar-refractivity contribution in [3.05, 3.63) is 30.1 Å².